The largest absolute Gasteiger partial charge is 0.392 e. The van der Waals surface area contributed by atoms with E-state index >= 15 is 0 Å². The number of benzene rings is 2. The van der Waals surface area contributed by atoms with Crippen molar-refractivity contribution >= 4 is 0 Å². The molecular formula is C18H16F2N2O. The zero-order valence-corrected chi connectivity index (χ0v) is 12.4. The van der Waals surface area contributed by atoms with Gasteiger partial charge in [-0.2, -0.15) is 5.26 Å². The molecule has 1 saturated heterocycles. The first-order chi connectivity index (χ1) is 11.1. The monoisotopic (exact) mass is 314 g/mol. The van der Waals surface area contributed by atoms with Crippen LogP contribution in [0.2, 0.25) is 0 Å². The summed E-state index contributed by atoms with van der Waals surface area (Å²) >= 11 is 0. The highest BCUT2D eigenvalue weighted by Gasteiger charge is 2.32. The summed E-state index contributed by atoms with van der Waals surface area (Å²) in [7, 11) is 0. The number of likely N-dealkylation sites (tertiary alicyclic amines) is 1. The fourth-order valence-corrected chi connectivity index (χ4v) is 3.11. The minimum Gasteiger partial charge on any atom is -0.392 e. The van der Waals surface area contributed by atoms with Crippen molar-refractivity contribution in [1.29, 1.82) is 5.26 Å². The third-order valence-electron chi connectivity index (χ3n) is 4.20. The van der Waals surface area contributed by atoms with Gasteiger partial charge in [0, 0.05) is 19.1 Å². The Balaban J connectivity index is 1.87. The molecule has 0 spiro atoms. The molecule has 0 aromatic heterocycles. The standard InChI is InChI=1S/C18H16F2N2O/c19-15-4-1-12(2-5-15)18-8-17(23)11-22(18)10-14-7-16(20)6-3-13(14)9-21/h1-7,17-18,23H,8,10-11H2. The van der Waals surface area contributed by atoms with E-state index in [9.17, 15) is 13.9 Å². The Morgan fingerprint density at radius 1 is 1.13 bits per heavy atom. The first-order valence-corrected chi connectivity index (χ1v) is 7.43. The maximum absolute atomic E-state index is 13.5. The van der Waals surface area contributed by atoms with Gasteiger partial charge in [0.1, 0.15) is 11.6 Å². The summed E-state index contributed by atoms with van der Waals surface area (Å²) in [5.41, 5.74) is 1.91. The molecule has 5 heteroatoms. The number of rotatable bonds is 3. The summed E-state index contributed by atoms with van der Waals surface area (Å²) in [5.74, 6) is -0.701. The van der Waals surface area contributed by atoms with Crippen LogP contribution in [-0.4, -0.2) is 22.7 Å². The van der Waals surface area contributed by atoms with Crippen molar-refractivity contribution < 1.29 is 13.9 Å². The Morgan fingerprint density at radius 3 is 2.52 bits per heavy atom. The lowest BCUT2D eigenvalue weighted by molar-refractivity contribution is 0.172. The number of hydrogen-bond donors (Lipinski definition) is 1. The first kappa shape index (κ1) is 15.6. The molecule has 2 aromatic rings. The van der Waals surface area contributed by atoms with Gasteiger partial charge in [0.2, 0.25) is 0 Å². The van der Waals surface area contributed by atoms with Crippen molar-refractivity contribution in [3.8, 4) is 6.07 Å². The zero-order chi connectivity index (χ0) is 16.4. The van der Waals surface area contributed by atoms with Gasteiger partial charge in [-0.05, 0) is 47.9 Å². The predicted molar refractivity (Wildman–Crippen MR) is 81.3 cm³/mol. The van der Waals surface area contributed by atoms with E-state index in [2.05, 4.69) is 6.07 Å². The lowest BCUT2D eigenvalue weighted by Crippen LogP contribution is -2.24. The van der Waals surface area contributed by atoms with Crippen molar-refractivity contribution in [3.63, 3.8) is 0 Å². The average Bonchev–Trinajstić information content (AvgIpc) is 2.89. The van der Waals surface area contributed by atoms with E-state index in [0.717, 1.165) is 5.56 Å². The van der Waals surface area contributed by atoms with E-state index in [0.29, 0.717) is 30.6 Å². The van der Waals surface area contributed by atoms with Gasteiger partial charge in [0.25, 0.3) is 0 Å². The topological polar surface area (TPSA) is 47.3 Å². The number of halogens is 2. The van der Waals surface area contributed by atoms with Crippen LogP contribution in [0, 0.1) is 23.0 Å². The number of nitrogens with zero attached hydrogens (tertiary/aromatic N) is 2. The van der Waals surface area contributed by atoms with Gasteiger partial charge >= 0.3 is 0 Å². The van der Waals surface area contributed by atoms with Gasteiger partial charge in [0.15, 0.2) is 0 Å². The highest BCUT2D eigenvalue weighted by molar-refractivity contribution is 5.38. The second-order valence-electron chi connectivity index (χ2n) is 5.80. The maximum atomic E-state index is 13.5. The third kappa shape index (κ3) is 3.39. The highest BCUT2D eigenvalue weighted by atomic mass is 19.1. The molecule has 0 radical (unpaired) electrons. The summed E-state index contributed by atoms with van der Waals surface area (Å²) in [5, 5.41) is 19.2. The van der Waals surface area contributed by atoms with Gasteiger partial charge in [-0.1, -0.05) is 12.1 Å². The molecule has 2 atom stereocenters. The molecule has 3 nitrogen and oxygen atoms in total. The molecular weight excluding hydrogens is 298 g/mol. The highest BCUT2D eigenvalue weighted by Crippen LogP contribution is 2.34. The van der Waals surface area contributed by atoms with E-state index < -0.39 is 11.9 Å². The maximum Gasteiger partial charge on any atom is 0.123 e. The van der Waals surface area contributed by atoms with Crippen molar-refractivity contribution in [1.82, 2.24) is 4.90 Å². The third-order valence-corrected chi connectivity index (χ3v) is 4.20. The predicted octanol–water partition coefficient (Wildman–Crippen LogP) is 3.14. The number of aliphatic hydroxyl groups is 1. The molecule has 2 unspecified atom stereocenters. The molecule has 1 N–H and O–H groups in total. The average molecular weight is 314 g/mol. The Kier molecular flexibility index (Phi) is 4.37. The molecule has 1 heterocycles. The molecule has 3 rings (SSSR count). The molecule has 0 amide bonds. The quantitative estimate of drug-likeness (QED) is 0.947. The SMILES string of the molecule is N#Cc1ccc(F)cc1CN1CC(O)CC1c1ccc(F)cc1. The Bertz CT molecular complexity index is 740. The van der Waals surface area contributed by atoms with Crippen LogP contribution in [0.5, 0.6) is 0 Å². The summed E-state index contributed by atoms with van der Waals surface area (Å²) in [4.78, 5) is 1.99. The van der Waals surface area contributed by atoms with Gasteiger partial charge in [0.05, 0.1) is 17.7 Å². The molecule has 23 heavy (non-hydrogen) atoms. The number of nitriles is 1. The Hall–Kier alpha value is -2.29. The van der Waals surface area contributed by atoms with Crippen LogP contribution in [0.3, 0.4) is 0 Å². The van der Waals surface area contributed by atoms with Crippen LogP contribution in [-0.2, 0) is 6.54 Å². The molecule has 0 saturated carbocycles. The van der Waals surface area contributed by atoms with Crippen LogP contribution < -0.4 is 0 Å². The minimum absolute atomic E-state index is 0.0830. The van der Waals surface area contributed by atoms with Crippen molar-refractivity contribution in [2.45, 2.75) is 25.1 Å². The molecule has 118 valence electrons. The lowest BCUT2D eigenvalue weighted by atomic mass is 10.0. The Morgan fingerprint density at radius 2 is 1.83 bits per heavy atom. The van der Waals surface area contributed by atoms with Crippen molar-refractivity contribution in [2.24, 2.45) is 0 Å². The molecule has 0 aliphatic carbocycles. The Labute approximate surface area is 133 Å². The van der Waals surface area contributed by atoms with Crippen molar-refractivity contribution in [2.75, 3.05) is 6.54 Å². The fourth-order valence-electron chi connectivity index (χ4n) is 3.11. The number of aliphatic hydroxyl groups excluding tert-OH is 1. The van der Waals surface area contributed by atoms with Gasteiger partial charge < -0.3 is 5.11 Å². The van der Waals surface area contributed by atoms with E-state index in [1.165, 1.54) is 30.3 Å². The molecule has 1 aliphatic heterocycles. The second-order valence-corrected chi connectivity index (χ2v) is 5.80. The number of β-amino-alcohol motifs (C(OH)–C–C–N with tert-alkyl or cyclic N) is 1. The molecule has 2 aromatic carbocycles. The molecule has 0 bridgehead atoms. The fraction of sp³-hybridized carbons (Fsp3) is 0.278. The zero-order valence-electron chi connectivity index (χ0n) is 12.4. The van der Waals surface area contributed by atoms with E-state index in [1.54, 1.807) is 12.1 Å². The van der Waals surface area contributed by atoms with Crippen LogP contribution in [0.1, 0.15) is 29.2 Å². The van der Waals surface area contributed by atoms with E-state index in [-0.39, 0.29) is 11.9 Å². The summed E-state index contributed by atoms with van der Waals surface area (Å²) in [6.07, 6.45) is 0.0344. The normalized spacial score (nSPS) is 21.3. The second kappa shape index (κ2) is 6.45. The lowest BCUT2D eigenvalue weighted by Gasteiger charge is -2.25. The van der Waals surface area contributed by atoms with Crippen LogP contribution >= 0.6 is 0 Å². The van der Waals surface area contributed by atoms with Gasteiger partial charge in [-0.25, -0.2) is 8.78 Å². The summed E-state index contributed by atoms with van der Waals surface area (Å²) in [6.45, 7) is 0.795. The van der Waals surface area contributed by atoms with E-state index in [4.69, 9.17) is 5.26 Å². The van der Waals surface area contributed by atoms with E-state index in [1.807, 2.05) is 4.90 Å². The van der Waals surface area contributed by atoms with Crippen molar-refractivity contribution in [3.05, 3.63) is 70.8 Å². The summed E-state index contributed by atoms with van der Waals surface area (Å²) < 4.78 is 26.6. The molecule has 1 aliphatic rings. The van der Waals surface area contributed by atoms with Crippen LogP contribution in [0.25, 0.3) is 0 Å². The number of hydrogen-bond acceptors (Lipinski definition) is 3. The first-order valence-electron chi connectivity index (χ1n) is 7.43. The van der Waals surface area contributed by atoms with Gasteiger partial charge in [-0.3, -0.25) is 4.90 Å². The van der Waals surface area contributed by atoms with Gasteiger partial charge in [-0.15, -0.1) is 0 Å². The van der Waals surface area contributed by atoms with Crippen LogP contribution in [0.15, 0.2) is 42.5 Å². The molecule has 1 fully saturated rings. The van der Waals surface area contributed by atoms with Crippen LogP contribution in [0.4, 0.5) is 8.78 Å². The summed E-state index contributed by atoms with van der Waals surface area (Å²) in [6, 6.07) is 12.2. The smallest absolute Gasteiger partial charge is 0.123 e. The minimum atomic E-state index is -0.496.